The van der Waals surface area contributed by atoms with Crippen molar-refractivity contribution in [3.05, 3.63) is 77.4 Å². The molecule has 0 bridgehead atoms. The van der Waals surface area contributed by atoms with Gasteiger partial charge in [0.1, 0.15) is 0 Å². The molecule has 0 aromatic heterocycles. The highest BCUT2D eigenvalue weighted by molar-refractivity contribution is 6.06. The first-order chi connectivity index (χ1) is 12.5. The predicted molar refractivity (Wildman–Crippen MR) is 105 cm³/mol. The van der Waals surface area contributed by atoms with E-state index in [9.17, 15) is 4.79 Å². The maximum absolute atomic E-state index is 12.1. The van der Waals surface area contributed by atoms with Gasteiger partial charge in [0.15, 0.2) is 17.9 Å². The number of hydrogen-bond acceptors (Lipinski definition) is 6. The molecule has 0 saturated carbocycles. The van der Waals surface area contributed by atoms with Crippen LogP contribution in [0.4, 0.5) is 0 Å². The standard InChI is InChI=1S/C20H21N5O/c1-25(2)20-23-18(22-19(21)24-20)16-11-8-14(9-12-16)10-13-17(26)15-6-4-3-5-7-15/h3-13,18H,1-2H3,(H3,21,22,23,24)/b13-10+. The van der Waals surface area contributed by atoms with E-state index in [1.807, 2.05) is 61.5 Å². The molecule has 3 N–H and O–H groups in total. The van der Waals surface area contributed by atoms with Crippen molar-refractivity contribution >= 4 is 23.8 Å². The number of rotatable bonds is 4. The van der Waals surface area contributed by atoms with Crippen LogP contribution in [0.3, 0.4) is 0 Å². The van der Waals surface area contributed by atoms with Crippen LogP contribution in [0.5, 0.6) is 0 Å². The molecule has 0 amide bonds. The van der Waals surface area contributed by atoms with Gasteiger partial charge >= 0.3 is 0 Å². The number of nitrogens with one attached hydrogen (secondary N) is 1. The Kier molecular flexibility index (Phi) is 5.12. The molecule has 1 aliphatic heterocycles. The van der Waals surface area contributed by atoms with E-state index < -0.39 is 0 Å². The van der Waals surface area contributed by atoms with E-state index in [4.69, 9.17) is 5.73 Å². The molecule has 0 spiro atoms. The molecular formula is C20H21N5O. The minimum atomic E-state index is -0.377. The smallest absolute Gasteiger partial charge is 0.202 e. The third-order valence-electron chi connectivity index (χ3n) is 3.89. The van der Waals surface area contributed by atoms with Crippen LogP contribution in [0.2, 0.25) is 0 Å². The summed E-state index contributed by atoms with van der Waals surface area (Å²) in [5, 5.41) is 2.93. The summed E-state index contributed by atoms with van der Waals surface area (Å²) in [6.07, 6.45) is 3.00. The van der Waals surface area contributed by atoms with Crippen LogP contribution in [0.1, 0.15) is 27.7 Å². The average Bonchev–Trinajstić information content (AvgIpc) is 2.66. The van der Waals surface area contributed by atoms with Crippen LogP contribution in [0, 0.1) is 0 Å². The van der Waals surface area contributed by atoms with Crippen molar-refractivity contribution in [1.82, 2.24) is 10.2 Å². The number of nitrogens with zero attached hydrogens (tertiary/aromatic N) is 3. The summed E-state index contributed by atoms with van der Waals surface area (Å²) in [6.45, 7) is 0. The largest absolute Gasteiger partial charge is 0.370 e. The molecule has 0 radical (unpaired) electrons. The van der Waals surface area contributed by atoms with Crippen molar-refractivity contribution in [3.63, 3.8) is 0 Å². The van der Waals surface area contributed by atoms with Crippen LogP contribution in [-0.4, -0.2) is 36.7 Å². The first-order valence-corrected chi connectivity index (χ1v) is 8.26. The van der Waals surface area contributed by atoms with Crippen LogP contribution >= 0.6 is 0 Å². The van der Waals surface area contributed by atoms with Gasteiger partial charge in [-0.1, -0.05) is 60.7 Å². The molecule has 0 aliphatic carbocycles. The Morgan fingerprint density at radius 2 is 1.77 bits per heavy atom. The molecular weight excluding hydrogens is 326 g/mol. The van der Waals surface area contributed by atoms with E-state index in [1.165, 1.54) is 0 Å². The van der Waals surface area contributed by atoms with Crippen molar-refractivity contribution in [1.29, 1.82) is 0 Å². The lowest BCUT2D eigenvalue weighted by Crippen LogP contribution is -2.46. The summed E-state index contributed by atoms with van der Waals surface area (Å²) in [4.78, 5) is 22.8. The number of nitrogens with two attached hydrogens (primary N) is 1. The van der Waals surface area contributed by atoms with Crippen molar-refractivity contribution < 1.29 is 4.79 Å². The van der Waals surface area contributed by atoms with Crippen molar-refractivity contribution in [2.45, 2.75) is 6.17 Å². The lowest BCUT2D eigenvalue weighted by Gasteiger charge is -2.23. The number of benzene rings is 2. The Morgan fingerprint density at radius 3 is 2.42 bits per heavy atom. The second-order valence-corrected chi connectivity index (χ2v) is 6.09. The van der Waals surface area contributed by atoms with E-state index in [2.05, 4.69) is 15.3 Å². The topological polar surface area (TPSA) is 83.1 Å². The molecule has 1 aliphatic rings. The average molecular weight is 347 g/mol. The van der Waals surface area contributed by atoms with E-state index >= 15 is 0 Å². The van der Waals surface area contributed by atoms with Gasteiger partial charge in [0, 0.05) is 19.7 Å². The van der Waals surface area contributed by atoms with Gasteiger partial charge in [-0.3, -0.25) is 10.1 Å². The van der Waals surface area contributed by atoms with Gasteiger partial charge in [-0.2, -0.15) is 0 Å². The Morgan fingerprint density at radius 1 is 1.08 bits per heavy atom. The number of ketones is 1. The normalized spacial score (nSPS) is 16.6. The van der Waals surface area contributed by atoms with E-state index in [1.54, 1.807) is 24.3 Å². The summed E-state index contributed by atoms with van der Waals surface area (Å²) >= 11 is 0. The van der Waals surface area contributed by atoms with Crippen LogP contribution in [0.25, 0.3) is 6.08 Å². The zero-order valence-electron chi connectivity index (χ0n) is 14.8. The second-order valence-electron chi connectivity index (χ2n) is 6.09. The maximum Gasteiger partial charge on any atom is 0.202 e. The second kappa shape index (κ2) is 7.65. The van der Waals surface area contributed by atoms with E-state index in [-0.39, 0.29) is 11.9 Å². The molecule has 132 valence electrons. The molecule has 0 fully saturated rings. The fraction of sp³-hybridized carbons (Fsp3) is 0.150. The zero-order chi connectivity index (χ0) is 18.5. The number of guanidine groups is 2. The quantitative estimate of drug-likeness (QED) is 0.657. The molecule has 2 aromatic carbocycles. The SMILES string of the molecule is CN(C)C1=NC(c2ccc(/C=C/C(=O)c3ccccc3)cc2)N=C(N)N1. The summed E-state index contributed by atoms with van der Waals surface area (Å²) in [5.41, 5.74) is 8.37. The first kappa shape index (κ1) is 17.4. The van der Waals surface area contributed by atoms with Crippen molar-refractivity contribution in [2.24, 2.45) is 15.7 Å². The lowest BCUT2D eigenvalue weighted by molar-refractivity contribution is 0.104. The Bertz CT molecular complexity index is 867. The number of hydrogen-bond donors (Lipinski definition) is 2. The Labute approximate surface area is 152 Å². The Balaban J connectivity index is 1.73. The third kappa shape index (κ3) is 4.16. The molecule has 6 heteroatoms. The van der Waals surface area contributed by atoms with Gasteiger partial charge in [0.05, 0.1) is 0 Å². The highest BCUT2D eigenvalue weighted by atomic mass is 16.1. The van der Waals surface area contributed by atoms with Gasteiger partial charge in [0.25, 0.3) is 0 Å². The van der Waals surface area contributed by atoms with Gasteiger partial charge in [-0.25, -0.2) is 9.98 Å². The number of aliphatic imine (C=N–C) groups is 2. The van der Waals surface area contributed by atoms with Crippen LogP contribution in [-0.2, 0) is 0 Å². The summed E-state index contributed by atoms with van der Waals surface area (Å²) in [6, 6.07) is 16.9. The summed E-state index contributed by atoms with van der Waals surface area (Å²) in [5.74, 6) is 0.983. The van der Waals surface area contributed by atoms with Crippen LogP contribution < -0.4 is 11.1 Å². The first-order valence-electron chi connectivity index (χ1n) is 8.26. The molecule has 2 aromatic rings. The van der Waals surface area contributed by atoms with Crippen molar-refractivity contribution in [2.75, 3.05) is 14.1 Å². The highest BCUT2D eigenvalue weighted by Crippen LogP contribution is 2.22. The van der Waals surface area contributed by atoms with E-state index in [0.717, 1.165) is 11.1 Å². The van der Waals surface area contributed by atoms with Gasteiger partial charge in [-0.05, 0) is 17.2 Å². The van der Waals surface area contributed by atoms with Gasteiger partial charge in [0.2, 0.25) is 5.96 Å². The van der Waals surface area contributed by atoms with Gasteiger partial charge in [-0.15, -0.1) is 0 Å². The number of allylic oxidation sites excluding steroid dienone is 1. The minimum absolute atomic E-state index is 0.0226. The Hall–Kier alpha value is -3.41. The predicted octanol–water partition coefficient (Wildman–Crippen LogP) is 2.42. The molecule has 6 nitrogen and oxygen atoms in total. The lowest BCUT2D eigenvalue weighted by atomic mass is 10.1. The molecule has 3 rings (SSSR count). The fourth-order valence-electron chi connectivity index (χ4n) is 2.48. The number of carbonyl (C=O) groups excluding carboxylic acids is 1. The summed E-state index contributed by atoms with van der Waals surface area (Å²) < 4.78 is 0. The molecule has 1 heterocycles. The van der Waals surface area contributed by atoms with E-state index in [0.29, 0.717) is 17.5 Å². The highest BCUT2D eigenvalue weighted by Gasteiger charge is 2.17. The number of carbonyl (C=O) groups is 1. The van der Waals surface area contributed by atoms with Crippen molar-refractivity contribution in [3.8, 4) is 0 Å². The maximum atomic E-state index is 12.1. The van der Waals surface area contributed by atoms with Gasteiger partial charge < -0.3 is 10.6 Å². The summed E-state index contributed by atoms with van der Waals surface area (Å²) in [7, 11) is 3.78. The molecule has 26 heavy (non-hydrogen) atoms. The zero-order valence-corrected chi connectivity index (χ0v) is 14.8. The third-order valence-corrected chi connectivity index (χ3v) is 3.89. The van der Waals surface area contributed by atoms with Crippen LogP contribution in [0.15, 0.2) is 70.7 Å². The molecule has 0 saturated heterocycles. The molecule has 1 atom stereocenters. The fourth-order valence-corrected chi connectivity index (χ4v) is 2.48. The molecule has 1 unspecified atom stereocenters. The monoisotopic (exact) mass is 347 g/mol. The minimum Gasteiger partial charge on any atom is -0.370 e.